The molecule has 0 fully saturated rings. The Labute approximate surface area is 134 Å². The van der Waals surface area contributed by atoms with Crippen molar-refractivity contribution in [3.63, 3.8) is 0 Å². The highest BCUT2D eigenvalue weighted by Crippen LogP contribution is 2.40. The first-order chi connectivity index (χ1) is 10.1. The summed E-state index contributed by atoms with van der Waals surface area (Å²) >= 11 is 0. The van der Waals surface area contributed by atoms with E-state index in [0.29, 0.717) is 18.7 Å². The molecule has 0 amide bonds. The lowest BCUT2D eigenvalue weighted by Gasteiger charge is -2.39. The molecule has 0 spiro atoms. The predicted octanol–water partition coefficient (Wildman–Crippen LogP) is 2.47. The summed E-state index contributed by atoms with van der Waals surface area (Å²) in [7, 11) is 1.91. The van der Waals surface area contributed by atoms with Crippen LogP contribution in [0.1, 0.15) is 25.8 Å². The Balaban J connectivity index is 3.41. The number of nitrogens with zero attached hydrogens (tertiary/aromatic N) is 1. The molecule has 0 saturated carbocycles. The summed E-state index contributed by atoms with van der Waals surface area (Å²) in [4.78, 5) is 2.03. The van der Waals surface area contributed by atoms with Crippen LogP contribution < -0.4 is 4.74 Å². The number of benzene rings is 1. The second-order valence-electron chi connectivity index (χ2n) is 5.93. The van der Waals surface area contributed by atoms with Gasteiger partial charge in [-0.1, -0.05) is 26.0 Å². The maximum atomic E-state index is 11.9. The SMILES string of the molecule is CCC(OS(C)(=O)=O)(c1cccc(OC)c1)C(C)CN(C)C. The van der Waals surface area contributed by atoms with E-state index in [2.05, 4.69) is 0 Å². The van der Waals surface area contributed by atoms with E-state index in [0.717, 1.165) is 11.8 Å². The molecule has 1 aromatic carbocycles. The third kappa shape index (κ3) is 4.69. The maximum absolute atomic E-state index is 11.9. The van der Waals surface area contributed by atoms with E-state index in [1.165, 1.54) is 0 Å². The third-order valence-corrected chi connectivity index (χ3v) is 4.42. The molecule has 0 aliphatic rings. The minimum atomic E-state index is -3.60. The largest absolute Gasteiger partial charge is 0.497 e. The molecule has 0 saturated heterocycles. The van der Waals surface area contributed by atoms with Crippen LogP contribution in [-0.4, -0.2) is 47.3 Å². The summed E-state index contributed by atoms with van der Waals surface area (Å²) in [5.74, 6) is 0.666. The van der Waals surface area contributed by atoms with E-state index in [-0.39, 0.29) is 5.92 Å². The van der Waals surface area contributed by atoms with E-state index in [4.69, 9.17) is 8.92 Å². The highest BCUT2D eigenvalue weighted by molar-refractivity contribution is 7.86. The fourth-order valence-electron chi connectivity index (χ4n) is 2.88. The van der Waals surface area contributed by atoms with Crippen molar-refractivity contribution in [1.82, 2.24) is 4.90 Å². The van der Waals surface area contributed by atoms with Crippen LogP contribution in [-0.2, 0) is 19.9 Å². The first kappa shape index (κ1) is 18.9. The van der Waals surface area contributed by atoms with Gasteiger partial charge in [-0.2, -0.15) is 8.42 Å². The van der Waals surface area contributed by atoms with Crippen molar-refractivity contribution in [3.8, 4) is 5.75 Å². The zero-order valence-electron chi connectivity index (χ0n) is 14.3. The summed E-state index contributed by atoms with van der Waals surface area (Å²) in [5, 5.41) is 0. The molecule has 1 rings (SSSR count). The van der Waals surface area contributed by atoms with Gasteiger partial charge in [-0.05, 0) is 38.2 Å². The molecular formula is C16H27NO4S. The van der Waals surface area contributed by atoms with Gasteiger partial charge in [0.05, 0.1) is 13.4 Å². The van der Waals surface area contributed by atoms with Crippen LogP contribution in [0.5, 0.6) is 5.75 Å². The molecule has 5 nitrogen and oxygen atoms in total. The van der Waals surface area contributed by atoms with Gasteiger partial charge >= 0.3 is 0 Å². The molecule has 0 aliphatic heterocycles. The average Bonchev–Trinajstić information content (AvgIpc) is 2.43. The quantitative estimate of drug-likeness (QED) is 0.686. The Morgan fingerprint density at radius 3 is 2.41 bits per heavy atom. The van der Waals surface area contributed by atoms with Crippen molar-refractivity contribution >= 4 is 10.1 Å². The lowest BCUT2D eigenvalue weighted by Crippen LogP contribution is -2.42. The van der Waals surface area contributed by atoms with Gasteiger partial charge < -0.3 is 9.64 Å². The first-order valence-electron chi connectivity index (χ1n) is 7.34. The normalized spacial score (nSPS) is 16.3. The second-order valence-corrected chi connectivity index (χ2v) is 7.50. The number of methoxy groups -OCH3 is 1. The molecule has 0 bridgehead atoms. The van der Waals surface area contributed by atoms with E-state index in [9.17, 15) is 8.42 Å². The number of rotatable bonds is 8. The van der Waals surface area contributed by atoms with Gasteiger partial charge in [0.15, 0.2) is 0 Å². The first-order valence-corrected chi connectivity index (χ1v) is 9.16. The topological polar surface area (TPSA) is 55.8 Å². The molecule has 0 aliphatic carbocycles. The van der Waals surface area contributed by atoms with Gasteiger partial charge in [0, 0.05) is 12.5 Å². The van der Waals surface area contributed by atoms with Crippen molar-refractivity contribution < 1.29 is 17.3 Å². The van der Waals surface area contributed by atoms with Gasteiger partial charge in [0.25, 0.3) is 10.1 Å². The summed E-state index contributed by atoms with van der Waals surface area (Å²) in [6.07, 6.45) is 1.64. The predicted molar refractivity (Wildman–Crippen MR) is 88.6 cm³/mol. The molecule has 2 atom stereocenters. The van der Waals surface area contributed by atoms with Gasteiger partial charge in [-0.3, -0.25) is 4.18 Å². The van der Waals surface area contributed by atoms with Crippen molar-refractivity contribution in [2.45, 2.75) is 25.9 Å². The zero-order chi connectivity index (χ0) is 17.0. The Bertz CT molecular complexity index is 586. The number of hydrogen-bond acceptors (Lipinski definition) is 5. The van der Waals surface area contributed by atoms with Crippen molar-refractivity contribution in [3.05, 3.63) is 29.8 Å². The summed E-state index contributed by atoms with van der Waals surface area (Å²) in [6.45, 7) is 4.66. The Morgan fingerprint density at radius 1 is 1.32 bits per heavy atom. The van der Waals surface area contributed by atoms with E-state index >= 15 is 0 Å². The van der Waals surface area contributed by atoms with Gasteiger partial charge in [-0.15, -0.1) is 0 Å². The molecule has 0 heterocycles. The molecule has 22 heavy (non-hydrogen) atoms. The summed E-state index contributed by atoms with van der Waals surface area (Å²) in [6, 6.07) is 7.43. The fraction of sp³-hybridized carbons (Fsp3) is 0.625. The highest BCUT2D eigenvalue weighted by Gasteiger charge is 2.41. The van der Waals surface area contributed by atoms with Crippen molar-refractivity contribution in [2.24, 2.45) is 5.92 Å². The Morgan fingerprint density at radius 2 is 1.95 bits per heavy atom. The highest BCUT2D eigenvalue weighted by atomic mass is 32.2. The monoisotopic (exact) mass is 329 g/mol. The van der Waals surface area contributed by atoms with Crippen LogP contribution in [0, 0.1) is 5.92 Å². The fourth-order valence-corrected chi connectivity index (χ4v) is 3.80. The van der Waals surface area contributed by atoms with E-state index < -0.39 is 15.7 Å². The van der Waals surface area contributed by atoms with Crippen LogP contribution in [0.2, 0.25) is 0 Å². The summed E-state index contributed by atoms with van der Waals surface area (Å²) in [5.41, 5.74) is -0.0963. The van der Waals surface area contributed by atoms with Crippen LogP contribution >= 0.6 is 0 Å². The average molecular weight is 329 g/mol. The second kappa shape index (κ2) is 7.44. The van der Waals surface area contributed by atoms with Crippen LogP contribution in [0.3, 0.4) is 0 Å². The Hall–Kier alpha value is -1.11. The van der Waals surface area contributed by atoms with Crippen molar-refractivity contribution in [2.75, 3.05) is 34.0 Å². The van der Waals surface area contributed by atoms with Gasteiger partial charge in [0.1, 0.15) is 11.4 Å². The van der Waals surface area contributed by atoms with Crippen LogP contribution in [0.15, 0.2) is 24.3 Å². The molecule has 0 radical (unpaired) electrons. The minimum Gasteiger partial charge on any atom is -0.497 e. The smallest absolute Gasteiger partial charge is 0.265 e. The van der Waals surface area contributed by atoms with Crippen LogP contribution in [0.4, 0.5) is 0 Å². The van der Waals surface area contributed by atoms with Gasteiger partial charge in [0.2, 0.25) is 0 Å². The summed E-state index contributed by atoms with van der Waals surface area (Å²) < 4.78 is 34.6. The lowest BCUT2D eigenvalue weighted by atomic mass is 9.80. The van der Waals surface area contributed by atoms with Crippen molar-refractivity contribution in [1.29, 1.82) is 0 Å². The van der Waals surface area contributed by atoms with Gasteiger partial charge in [-0.25, -0.2) is 0 Å². The number of ether oxygens (including phenoxy) is 1. The third-order valence-electron chi connectivity index (χ3n) is 3.82. The molecule has 6 heteroatoms. The van der Waals surface area contributed by atoms with E-state index in [1.54, 1.807) is 7.11 Å². The molecule has 1 aromatic rings. The molecule has 2 unspecified atom stereocenters. The molecule has 0 aromatic heterocycles. The maximum Gasteiger partial charge on any atom is 0.265 e. The molecule has 0 N–H and O–H groups in total. The molecule has 126 valence electrons. The van der Waals surface area contributed by atoms with Crippen LogP contribution in [0.25, 0.3) is 0 Å². The minimum absolute atomic E-state index is 0.0191. The van der Waals surface area contributed by atoms with E-state index in [1.807, 2.05) is 57.1 Å². The Kier molecular flexibility index (Phi) is 6.40. The zero-order valence-corrected chi connectivity index (χ0v) is 15.1. The lowest BCUT2D eigenvalue weighted by molar-refractivity contribution is 0.00347. The number of hydrogen-bond donors (Lipinski definition) is 0. The molecular weight excluding hydrogens is 302 g/mol. The standard InChI is InChI=1S/C16H27NO4S/c1-7-16(21-22(6,18)19,13(2)12-17(3)4)14-9-8-10-15(11-14)20-5/h8-11,13H,7,12H2,1-6H3.